The third-order valence-corrected chi connectivity index (χ3v) is 4.74. The number of hydrazone groups is 1. The Hall–Kier alpha value is -4.07. The van der Waals surface area contributed by atoms with Crippen LogP contribution in [0.3, 0.4) is 0 Å². The highest BCUT2D eigenvalue weighted by molar-refractivity contribution is 5.74. The molecule has 1 aromatic carbocycles. The highest BCUT2D eigenvalue weighted by Gasteiger charge is 2.23. The van der Waals surface area contributed by atoms with Crippen LogP contribution in [-0.2, 0) is 0 Å². The minimum absolute atomic E-state index is 0.0390. The van der Waals surface area contributed by atoms with E-state index in [1.165, 1.54) is 6.07 Å². The summed E-state index contributed by atoms with van der Waals surface area (Å²) in [4.78, 5) is 20.2. The first kappa shape index (κ1) is 21.6. The fourth-order valence-electron chi connectivity index (χ4n) is 3.38. The molecule has 3 aromatic rings. The lowest BCUT2D eigenvalue weighted by atomic mass is 10.0. The lowest BCUT2D eigenvalue weighted by Gasteiger charge is -2.22. The summed E-state index contributed by atoms with van der Waals surface area (Å²) in [5.41, 5.74) is 4.33. The number of rotatable bonds is 8. The predicted molar refractivity (Wildman–Crippen MR) is 123 cm³/mol. The number of nitro groups is 1. The van der Waals surface area contributed by atoms with Gasteiger partial charge in [0.1, 0.15) is 11.7 Å². The summed E-state index contributed by atoms with van der Waals surface area (Å²) in [6.07, 6.45) is 3.37. The average molecular weight is 416 g/mol. The number of hydrogen-bond donors (Lipinski definition) is 1. The quantitative estimate of drug-likeness (QED) is 0.319. The van der Waals surface area contributed by atoms with E-state index >= 15 is 0 Å². The van der Waals surface area contributed by atoms with Crippen molar-refractivity contribution in [3.8, 4) is 0 Å². The molecule has 0 aliphatic rings. The fourth-order valence-corrected chi connectivity index (χ4v) is 3.38. The van der Waals surface area contributed by atoms with E-state index < -0.39 is 11.0 Å². The molecule has 158 valence electrons. The van der Waals surface area contributed by atoms with Gasteiger partial charge in [0, 0.05) is 37.8 Å². The van der Waals surface area contributed by atoms with Crippen molar-refractivity contribution >= 4 is 23.8 Å². The van der Waals surface area contributed by atoms with Crippen LogP contribution in [0.4, 0.5) is 11.4 Å². The number of allylic oxidation sites excluding steroid dienone is 1. The molecular weight excluding hydrogens is 392 g/mol. The molecule has 1 N–H and O–H groups in total. The summed E-state index contributed by atoms with van der Waals surface area (Å²) in [6.45, 7) is 7.50. The van der Waals surface area contributed by atoms with Gasteiger partial charge >= 0.3 is 0 Å². The molecule has 0 spiro atoms. The van der Waals surface area contributed by atoms with Crippen molar-refractivity contribution in [2.45, 2.75) is 19.9 Å². The zero-order valence-electron chi connectivity index (χ0n) is 17.7. The molecule has 0 fully saturated rings. The van der Waals surface area contributed by atoms with Gasteiger partial charge in [-0.2, -0.15) is 5.10 Å². The summed E-state index contributed by atoms with van der Waals surface area (Å²) in [7, 11) is 1.79. The SMILES string of the molecule is C=NN(C)C(=C(C)C)c1ccc([N+](=O)[O-])c(NC(c2ccccn2)c2ccccn2)c1. The molecule has 0 radical (unpaired) electrons. The number of pyridine rings is 2. The minimum atomic E-state index is -0.471. The van der Waals surface area contributed by atoms with Gasteiger partial charge < -0.3 is 5.32 Å². The van der Waals surface area contributed by atoms with Gasteiger partial charge in [0.25, 0.3) is 5.69 Å². The van der Waals surface area contributed by atoms with Crippen LogP contribution in [-0.4, -0.2) is 33.7 Å². The summed E-state index contributed by atoms with van der Waals surface area (Å²) in [6, 6.07) is 15.6. The molecule has 0 aliphatic heterocycles. The topological polar surface area (TPSA) is 96.5 Å². The summed E-state index contributed by atoms with van der Waals surface area (Å²) in [5.74, 6) is 0. The number of hydrogen-bond acceptors (Lipinski definition) is 7. The van der Waals surface area contributed by atoms with Crippen molar-refractivity contribution in [2.24, 2.45) is 5.10 Å². The van der Waals surface area contributed by atoms with Gasteiger partial charge in [-0.1, -0.05) is 17.7 Å². The third-order valence-electron chi connectivity index (χ3n) is 4.74. The van der Waals surface area contributed by atoms with Crippen LogP contribution in [0.15, 0.2) is 77.7 Å². The standard InChI is InChI=1S/C23H24N6O2/c1-16(2)23(28(4)24-3)17-11-12-21(29(30)31)20(15-17)27-22(18-9-5-7-13-25-18)19-10-6-8-14-26-19/h5-15,22,27H,3H2,1-2,4H3. The van der Waals surface area contributed by atoms with Crippen LogP contribution in [0, 0.1) is 10.1 Å². The maximum atomic E-state index is 11.8. The van der Waals surface area contributed by atoms with Gasteiger partial charge in [0.2, 0.25) is 0 Å². The maximum Gasteiger partial charge on any atom is 0.292 e. The van der Waals surface area contributed by atoms with E-state index in [1.807, 2.05) is 50.2 Å². The monoisotopic (exact) mass is 416 g/mol. The van der Waals surface area contributed by atoms with Crippen LogP contribution in [0.2, 0.25) is 0 Å². The van der Waals surface area contributed by atoms with Crippen LogP contribution in [0.5, 0.6) is 0 Å². The van der Waals surface area contributed by atoms with Gasteiger partial charge in [0.15, 0.2) is 0 Å². The molecule has 31 heavy (non-hydrogen) atoms. The molecule has 8 nitrogen and oxygen atoms in total. The summed E-state index contributed by atoms with van der Waals surface area (Å²) in [5, 5.41) is 20.7. The van der Waals surface area contributed by atoms with E-state index in [2.05, 4.69) is 27.1 Å². The highest BCUT2D eigenvalue weighted by atomic mass is 16.6. The Bertz CT molecular complexity index is 1060. The molecule has 0 atom stereocenters. The number of nitro benzene ring substituents is 1. The Labute approximate surface area is 181 Å². The third kappa shape index (κ3) is 4.92. The van der Waals surface area contributed by atoms with Crippen LogP contribution in [0.1, 0.15) is 36.8 Å². The van der Waals surface area contributed by atoms with Crippen molar-refractivity contribution in [1.29, 1.82) is 0 Å². The molecule has 0 amide bonds. The molecule has 0 unspecified atom stereocenters. The minimum Gasteiger partial charge on any atom is -0.366 e. The van der Waals surface area contributed by atoms with Gasteiger partial charge in [-0.15, -0.1) is 0 Å². The lowest BCUT2D eigenvalue weighted by Crippen LogP contribution is -2.16. The average Bonchev–Trinajstić information content (AvgIpc) is 2.78. The molecule has 0 bridgehead atoms. The second kappa shape index (κ2) is 9.62. The second-order valence-corrected chi connectivity index (χ2v) is 7.09. The Morgan fingerprint density at radius 3 is 2.16 bits per heavy atom. The van der Waals surface area contributed by atoms with Gasteiger partial charge in [-0.3, -0.25) is 25.1 Å². The number of anilines is 1. The molecule has 3 rings (SSSR count). The first-order valence-electron chi connectivity index (χ1n) is 9.67. The normalized spacial score (nSPS) is 10.5. The largest absolute Gasteiger partial charge is 0.366 e. The molecule has 2 heterocycles. The van der Waals surface area contributed by atoms with Gasteiger partial charge in [-0.25, -0.2) is 0 Å². The van der Waals surface area contributed by atoms with Crippen molar-refractivity contribution in [3.63, 3.8) is 0 Å². The van der Waals surface area contributed by atoms with Crippen molar-refractivity contribution in [3.05, 3.63) is 99.6 Å². The van der Waals surface area contributed by atoms with Crippen LogP contribution in [0.25, 0.3) is 5.70 Å². The number of benzene rings is 1. The van der Waals surface area contributed by atoms with E-state index in [0.29, 0.717) is 17.1 Å². The molecule has 8 heteroatoms. The highest BCUT2D eigenvalue weighted by Crippen LogP contribution is 2.34. The van der Waals surface area contributed by atoms with Crippen molar-refractivity contribution in [2.75, 3.05) is 12.4 Å². The first-order chi connectivity index (χ1) is 14.9. The maximum absolute atomic E-state index is 11.8. The molecule has 2 aromatic heterocycles. The van der Waals surface area contributed by atoms with Gasteiger partial charge in [0.05, 0.1) is 22.0 Å². The Morgan fingerprint density at radius 2 is 1.71 bits per heavy atom. The van der Waals surface area contributed by atoms with Crippen molar-refractivity contribution in [1.82, 2.24) is 15.0 Å². The number of nitrogens with zero attached hydrogens (tertiary/aromatic N) is 5. The first-order valence-corrected chi connectivity index (χ1v) is 9.67. The van der Waals surface area contributed by atoms with E-state index in [-0.39, 0.29) is 5.69 Å². The second-order valence-electron chi connectivity index (χ2n) is 7.09. The Morgan fingerprint density at radius 1 is 1.10 bits per heavy atom. The number of aromatic nitrogens is 2. The Balaban J connectivity index is 2.13. The van der Waals surface area contributed by atoms with E-state index in [1.54, 1.807) is 36.6 Å². The van der Waals surface area contributed by atoms with E-state index in [9.17, 15) is 10.1 Å². The predicted octanol–water partition coefficient (Wildman–Crippen LogP) is 4.88. The molecular formula is C23H24N6O2. The van der Waals surface area contributed by atoms with Gasteiger partial charge in [-0.05, 0) is 50.2 Å². The zero-order valence-corrected chi connectivity index (χ0v) is 17.7. The number of nitrogens with one attached hydrogen (secondary N) is 1. The zero-order chi connectivity index (χ0) is 22.4. The lowest BCUT2D eigenvalue weighted by molar-refractivity contribution is -0.384. The molecule has 0 aliphatic carbocycles. The van der Waals surface area contributed by atoms with E-state index in [4.69, 9.17) is 0 Å². The summed E-state index contributed by atoms with van der Waals surface area (Å²) >= 11 is 0. The fraction of sp³-hybridized carbons (Fsp3) is 0.174. The van der Waals surface area contributed by atoms with Crippen molar-refractivity contribution < 1.29 is 4.92 Å². The molecule has 0 saturated heterocycles. The molecule has 0 saturated carbocycles. The van der Waals surface area contributed by atoms with Crippen LogP contribution >= 0.6 is 0 Å². The van der Waals surface area contributed by atoms with E-state index in [0.717, 1.165) is 16.8 Å². The Kier molecular flexibility index (Phi) is 6.71. The van der Waals surface area contributed by atoms with Crippen LogP contribution < -0.4 is 5.32 Å². The summed E-state index contributed by atoms with van der Waals surface area (Å²) < 4.78 is 0. The smallest absolute Gasteiger partial charge is 0.292 e.